The molecule has 0 bridgehead atoms. The van der Waals surface area contributed by atoms with Crippen LogP contribution in [0.3, 0.4) is 0 Å². The Labute approximate surface area is 193 Å². The second kappa shape index (κ2) is 9.74. The van der Waals surface area contributed by atoms with Gasteiger partial charge in [0.25, 0.3) is 5.91 Å². The van der Waals surface area contributed by atoms with Crippen LogP contribution in [0.4, 0.5) is 4.79 Å². The number of fused-ring (bicyclic) bond motifs is 1. The van der Waals surface area contributed by atoms with Crippen molar-refractivity contribution in [2.24, 2.45) is 17.1 Å². The Morgan fingerprint density at radius 1 is 1.24 bits per heavy atom. The lowest BCUT2D eigenvalue weighted by Crippen LogP contribution is -2.52. The molecule has 9 nitrogen and oxygen atoms in total. The van der Waals surface area contributed by atoms with Crippen molar-refractivity contribution in [1.29, 1.82) is 0 Å². The third-order valence-electron chi connectivity index (χ3n) is 6.18. The Balaban J connectivity index is 0.00000149. The summed E-state index contributed by atoms with van der Waals surface area (Å²) in [4.78, 5) is 49.9. The standard InChI is InChI=1S/C23H27N3O5.CH5N/c1-23(2,3)15-9-16(10-15)24-22(30)31-12-13-4-5-14-11-26(21(29)17(14)8-13)18-6-7-19(27)25-20(18)28;1-2/h4-5,8-9,15,18H,6-7,10-12H2,1-3H3,(H,24,30)(H,25,27,28);2H2,1H3. The van der Waals surface area contributed by atoms with Crippen LogP contribution in [0.1, 0.15) is 61.5 Å². The van der Waals surface area contributed by atoms with Gasteiger partial charge < -0.3 is 15.4 Å². The first-order valence-corrected chi connectivity index (χ1v) is 11.1. The minimum Gasteiger partial charge on any atom is -0.444 e. The number of hydrogen-bond acceptors (Lipinski definition) is 6. The van der Waals surface area contributed by atoms with Crippen LogP contribution >= 0.6 is 0 Å². The van der Waals surface area contributed by atoms with Crippen molar-refractivity contribution in [3.05, 3.63) is 46.7 Å². The van der Waals surface area contributed by atoms with Gasteiger partial charge in [-0.15, -0.1) is 0 Å². The lowest BCUT2D eigenvalue weighted by Gasteiger charge is -2.36. The fraction of sp³-hybridized carbons (Fsp3) is 0.500. The summed E-state index contributed by atoms with van der Waals surface area (Å²) >= 11 is 0. The molecule has 0 radical (unpaired) electrons. The number of carbonyl (C=O) groups excluding carboxylic acids is 4. The van der Waals surface area contributed by atoms with Crippen molar-refractivity contribution in [1.82, 2.24) is 15.5 Å². The van der Waals surface area contributed by atoms with E-state index < -0.39 is 18.0 Å². The summed E-state index contributed by atoms with van der Waals surface area (Å²) in [5.41, 5.74) is 7.56. The van der Waals surface area contributed by atoms with E-state index in [-0.39, 0.29) is 30.3 Å². The molecule has 1 fully saturated rings. The number of ether oxygens (including phenoxy) is 1. The number of amides is 4. The minimum absolute atomic E-state index is 0.0424. The molecule has 1 saturated heterocycles. The highest BCUT2D eigenvalue weighted by Crippen LogP contribution is 2.38. The lowest BCUT2D eigenvalue weighted by molar-refractivity contribution is -0.136. The summed E-state index contributed by atoms with van der Waals surface area (Å²) in [5.74, 6) is -0.548. The molecule has 4 rings (SSSR count). The van der Waals surface area contributed by atoms with Crippen molar-refractivity contribution in [2.45, 2.75) is 59.2 Å². The monoisotopic (exact) mass is 456 g/mol. The Kier molecular flexibility index (Phi) is 7.22. The molecule has 178 valence electrons. The van der Waals surface area contributed by atoms with Crippen LogP contribution in [0.25, 0.3) is 0 Å². The summed E-state index contributed by atoms with van der Waals surface area (Å²) in [6.07, 6.45) is 2.90. The summed E-state index contributed by atoms with van der Waals surface area (Å²) in [7, 11) is 1.50. The Bertz CT molecular complexity index is 995. The second-order valence-corrected chi connectivity index (χ2v) is 9.46. The molecule has 9 heteroatoms. The van der Waals surface area contributed by atoms with Gasteiger partial charge in [0.1, 0.15) is 12.6 Å². The van der Waals surface area contributed by atoms with E-state index in [2.05, 4.69) is 43.2 Å². The zero-order chi connectivity index (χ0) is 24.3. The van der Waals surface area contributed by atoms with Gasteiger partial charge in [-0.1, -0.05) is 39.0 Å². The SMILES string of the molecule is CC(C)(C)C1C=C(NC(=O)OCc2ccc3c(c2)C(=O)N(C2CCC(=O)NC2=O)C3)C1.CN. The van der Waals surface area contributed by atoms with E-state index >= 15 is 0 Å². The van der Waals surface area contributed by atoms with E-state index in [4.69, 9.17) is 4.74 Å². The first-order valence-electron chi connectivity index (χ1n) is 11.1. The molecule has 0 spiro atoms. The first-order chi connectivity index (χ1) is 15.6. The van der Waals surface area contributed by atoms with E-state index in [1.54, 1.807) is 6.07 Å². The lowest BCUT2D eigenvalue weighted by atomic mass is 9.72. The molecule has 1 aliphatic carbocycles. The number of benzene rings is 1. The van der Waals surface area contributed by atoms with Crippen molar-refractivity contribution in [2.75, 3.05) is 7.05 Å². The molecule has 4 amide bonds. The molecule has 2 atom stereocenters. The first kappa shape index (κ1) is 24.4. The molecule has 2 unspecified atom stereocenters. The molecule has 2 heterocycles. The van der Waals surface area contributed by atoms with Gasteiger partial charge in [0.2, 0.25) is 11.8 Å². The predicted octanol–water partition coefficient (Wildman–Crippen LogP) is 2.20. The fourth-order valence-electron chi connectivity index (χ4n) is 4.10. The number of rotatable bonds is 4. The van der Waals surface area contributed by atoms with Crippen LogP contribution in [0.15, 0.2) is 30.0 Å². The summed E-state index contributed by atoms with van der Waals surface area (Å²) in [6, 6.07) is 4.69. The molecular weight excluding hydrogens is 424 g/mol. The third-order valence-corrected chi connectivity index (χ3v) is 6.18. The number of alkyl carbamates (subject to hydrolysis) is 1. The van der Waals surface area contributed by atoms with Crippen molar-refractivity contribution >= 4 is 23.8 Å². The Hall–Kier alpha value is -3.20. The number of imide groups is 1. The number of allylic oxidation sites excluding steroid dienone is 2. The third kappa shape index (κ3) is 5.42. The smallest absolute Gasteiger partial charge is 0.411 e. The van der Waals surface area contributed by atoms with E-state index in [1.165, 1.54) is 11.9 Å². The predicted molar refractivity (Wildman–Crippen MR) is 122 cm³/mol. The van der Waals surface area contributed by atoms with Crippen LogP contribution in [0.2, 0.25) is 0 Å². The van der Waals surface area contributed by atoms with Gasteiger partial charge in [0.05, 0.1) is 0 Å². The van der Waals surface area contributed by atoms with Crippen molar-refractivity contribution in [3.63, 3.8) is 0 Å². The zero-order valence-corrected chi connectivity index (χ0v) is 19.6. The number of nitrogens with two attached hydrogens (primary N) is 1. The van der Waals surface area contributed by atoms with Crippen LogP contribution in [-0.4, -0.2) is 41.8 Å². The molecule has 0 saturated carbocycles. The van der Waals surface area contributed by atoms with Crippen LogP contribution < -0.4 is 16.4 Å². The Morgan fingerprint density at radius 2 is 1.94 bits per heavy atom. The molecule has 0 aromatic heterocycles. The van der Waals surface area contributed by atoms with Gasteiger partial charge >= 0.3 is 6.09 Å². The minimum atomic E-state index is -0.643. The molecule has 1 aromatic carbocycles. The largest absolute Gasteiger partial charge is 0.444 e. The van der Waals surface area contributed by atoms with Crippen LogP contribution in [0, 0.1) is 11.3 Å². The normalized spacial score (nSPS) is 21.8. The topological polar surface area (TPSA) is 131 Å². The maximum absolute atomic E-state index is 12.9. The maximum Gasteiger partial charge on any atom is 0.411 e. The molecular formula is C24H32N4O5. The average Bonchev–Trinajstić information content (AvgIpc) is 3.05. The number of piperidine rings is 1. The second-order valence-electron chi connectivity index (χ2n) is 9.46. The summed E-state index contributed by atoms with van der Waals surface area (Å²) in [6.45, 7) is 6.87. The van der Waals surface area contributed by atoms with Crippen molar-refractivity contribution in [3.8, 4) is 0 Å². The highest BCUT2D eigenvalue weighted by atomic mass is 16.5. The van der Waals surface area contributed by atoms with E-state index in [9.17, 15) is 19.2 Å². The van der Waals surface area contributed by atoms with E-state index in [1.807, 2.05) is 12.1 Å². The van der Waals surface area contributed by atoms with Gasteiger partial charge in [-0.3, -0.25) is 25.0 Å². The Morgan fingerprint density at radius 3 is 2.58 bits per heavy atom. The molecule has 1 aromatic rings. The fourth-order valence-corrected chi connectivity index (χ4v) is 4.10. The summed E-state index contributed by atoms with van der Waals surface area (Å²) in [5, 5.41) is 5.05. The summed E-state index contributed by atoms with van der Waals surface area (Å²) < 4.78 is 5.30. The molecule has 4 N–H and O–H groups in total. The quantitative estimate of drug-likeness (QED) is 0.596. The van der Waals surface area contributed by atoms with E-state index in [0.717, 1.165) is 17.7 Å². The van der Waals surface area contributed by atoms with Crippen LogP contribution in [-0.2, 0) is 27.5 Å². The number of nitrogens with zero attached hydrogens (tertiary/aromatic N) is 1. The van der Waals surface area contributed by atoms with Gasteiger partial charge in [0.15, 0.2) is 0 Å². The van der Waals surface area contributed by atoms with Gasteiger partial charge in [-0.2, -0.15) is 0 Å². The van der Waals surface area contributed by atoms with Gasteiger partial charge in [-0.05, 0) is 48.4 Å². The zero-order valence-electron chi connectivity index (χ0n) is 19.6. The molecule has 33 heavy (non-hydrogen) atoms. The van der Waals surface area contributed by atoms with Crippen molar-refractivity contribution < 1.29 is 23.9 Å². The molecule has 3 aliphatic rings. The maximum atomic E-state index is 12.9. The average molecular weight is 457 g/mol. The van der Waals surface area contributed by atoms with Crippen LogP contribution in [0.5, 0.6) is 0 Å². The number of hydrogen-bond donors (Lipinski definition) is 3. The highest BCUT2D eigenvalue weighted by molar-refractivity contribution is 6.05. The van der Waals surface area contributed by atoms with Gasteiger partial charge in [0, 0.05) is 24.2 Å². The van der Waals surface area contributed by atoms with Gasteiger partial charge in [-0.25, -0.2) is 4.79 Å². The van der Waals surface area contributed by atoms with E-state index in [0.29, 0.717) is 30.0 Å². The number of carbonyl (C=O) groups is 4. The molecule has 2 aliphatic heterocycles. The highest BCUT2D eigenvalue weighted by Gasteiger charge is 2.39. The number of nitrogens with one attached hydrogen (secondary N) is 2.